The third-order valence-electron chi connectivity index (χ3n) is 5.95. The van der Waals surface area contributed by atoms with Crippen molar-refractivity contribution in [3.8, 4) is 284 Å². The van der Waals surface area contributed by atoms with Gasteiger partial charge in [0.15, 0.2) is 0 Å². The van der Waals surface area contributed by atoms with E-state index in [1.54, 1.807) is 0 Å². The van der Waals surface area contributed by atoms with E-state index in [0.29, 0.717) is 0 Å². The molecule has 0 spiro atoms. The lowest BCUT2D eigenvalue weighted by Crippen LogP contribution is -1.92. The number of rotatable bonds is 0. The van der Waals surface area contributed by atoms with Crippen LogP contribution in [0.3, 0.4) is 0 Å². The molecule has 0 heterocycles. The molecule has 0 atom stereocenters. The van der Waals surface area contributed by atoms with E-state index in [0.717, 1.165) is 0 Å². The molecule has 6 aliphatic rings. The van der Waals surface area contributed by atoms with E-state index in [1.807, 2.05) is 0 Å². The molecule has 8 bridgehead atoms. The number of fused-ring (bicyclic) bond motifs is 12. The quantitative estimate of drug-likeness (QED) is 0.337. The van der Waals surface area contributed by atoms with Gasteiger partial charge in [-0.3, -0.25) is 0 Å². The standard InChI is InChI=1S/C56H8/c1-2-26-50-29-7-9-33-53-39-15-11-35-51-31-5-3-27-49(25-1)28-4-6-32-52-36-12-16-40-54(34-10-8-30-50)42-20-22-46-56(45-21-19-41-53)48-24-23-47-55(43-17-13-37-51)44-18-14-38-52/h49-56H. The third-order valence-corrected chi connectivity index (χ3v) is 5.95. The van der Waals surface area contributed by atoms with E-state index in [2.05, 4.69) is 284 Å². The molecule has 6 rings (SSSR count). The van der Waals surface area contributed by atoms with Gasteiger partial charge in [0.25, 0.3) is 0 Å². The molecule has 232 valence electrons. The van der Waals surface area contributed by atoms with Crippen LogP contribution in [0.1, 0.15) is 0 Å². The lowest BCUT2D eigenvalue weighted by Gasteiger charge is -1.90. The summed E-state index contributed by atoms with van der Waals surface area (Å²) in [5.74, 6) is 131. The molecule has 0 saturated heterocycles. The Morgan fingerprint density at radius 2 is 0.143 bits per heavy atom. The van der Waals surface area contributed by atoms with Crippen molar-refractivity contribution in [3.63, 3.8) is 0 Å². The molecular formula is C56H8. The summed E-state index contributed by atoms with van der Waals surface area (Å²) < 4.78 is 0. The maximum absolute atomic E-state index is 2.92. The van der Waals surface area contributed by atoms with Gasteiger partial charge in [0.05, 0.1) is 0 Å². The van der Waals surface area contributed by atoms with Crippen molar-refractivity contribution in [1.29, 1.82) is 0 Å². The van der Waals surface area contributed by atoms with Crippen molar-refractivity contribution in [2.45, 2.75) is 0 Å². The van der Waals surface area contributed by atoms with Gasteiger partial charge in [0.2, 0.25) is 0 Å². The van der Waals surface area contributed by atoms with E-state index in [1.165, 1.54) is 0 Å². The van der Waals surface area contributed by atoms with Crippen molar-refractivity contribution >= 4 is 0 Å². The highest BCUT2D eigenvalue weighted by molar-refractivity contribution is 5.51. The fourth-order valence-electron chi connectivity index (χ4n) is 3.46. The second-order valence-corrected chi connectivity index (χ2v) is 9.93. The van der Waals surface area contributed by atoms with Gasteiger partial charge in [-0.2, -0.15) is 0 Å². The lowest BCUT2D eigenvalue weighted by molar-refractivity contribution is 1.22. The summed E-state index contributed by atoms with van der Waals surface area (Å²) in [7, 11) is 0. The van der Waals surface area contributed by atoms with Gasteiger partial charge in [0.1, 0.15) is 47.3 Å². The summed E-state index contributed by atoms with van der Waals surface area (Å²) in [4.78, 5) is 0. The predicted octanol–water partition coefficient (Wildman–Crippen LogP) is 1.07. The van der Waals surface area contributed by atoms with E-state index in [-0.39, 0.29) is 0 Å². The van der Waals surface area contributed by atoms with Crippen LogP contribution in [0.2, 0.25) is 0 Å². The van der Waals surface area contributed by atoms with Crippen molar-refractivity contribution in [2.75, 3.05) is 0 Å². The van der Waals surface area contributed by atoms with Crippen LogP contribution in [0.25, 0.3) is 0 Å². The molecule has 0 fully saturated rings. The zero-order chi connectivity index (χ0) is 38.6. The first-order valence-electron chi connectivity index (χ1n) is 15.9. The minimum atomic E-state index is -0.776. The first kappa shape index (κ1) is 36.7. The van der Waals surface area contributed by atoms with Crippen LogP contribution in [-0.2, 0) is 0 Å². The van der Waals surface area contributed by atoms with Gasteiger partial charge in [0, 0.05) is 0 Å². The van der Waals surface area contributed by atoms with Crippen LogP contribution in [0.15, 0.2) is 0 Å². The molecule has 0 aliphatic heterocycles. The molecule has 0 aromatic heterocycles. The van der Waals surface area contributed by atoms with Crippen LogP contribution in [-0.4, -0.2) is 0 Å². The van der Waals surface area contributed by atoms with E-state index < -0.39 is 47.3 Å². The van der Waals surface area contributed by atoms with Gasteiger partial charge in [-0.05, 0) is 142 Å². The Labute approximate surface area is 330 Å². The summed E-state index contributed by atoms with van der Waals surface area (Å²) >= 11 is 0. The zero-order valence-electron chi connectivity index (χ0n) is 28.6. The first-order valence-corrected chi connectivity index (χ1v) is 15.9. The molecule has 0 aromatic rings. The average molecular weight is 681 g/mol. The minimum absolute atomic E-state index is 0.776. The molecule has 0 nitrogen and oxygen atoms in total. The SMILES string of the molecule is C1#CC2C#CC#CC3C#CC#CC4C#CC#CC(C#C1)C#CC#CC1C#CC#CC(C#CC#C2)C#CC#CC(C#CC#C3)C#CC#CC(C#CC#C4)C#CC#C1. The molecular weight excluding hydrogens is 673 g/mol. The van der Waals surface area contributed by atoms with Crippen LogP contribution in [0.5, 0.6) is 0 Å². The zero-order valence-corrected chi connectivity index (χ0v) is 28.6. The Morgan fingerprint density at radius 1 is 0.0893 bits per heavy atom. The normalized spacial score (nSPS) is 22.3. The molecule has 0 amide bonds. The Morgan fingerprint density at radius 3 is 0.196 bits per heavy atom. The van der Waals surface area contributed by atoms with Gasteiger partial charge < -0.3 is 0 Å². The van der Waals surface area contributed by atoms with Crippen molar-refractivity contribution in [2.24, 2.45) is 47.3 Å². The summed E-state index contributed by atoms with van der Waals surface area (Å²) in [6.07, 6.45) is 0. The van der Waals surface area contributed by atoms with Crippen molar-refractivity contribution in [1.82, 2.24) is 0 Å². The van der Waals surface area contributed by atoms with Crippen molar-refractivity contribution < 1.29 is 0 Å². The minimum Gasteiger partial charge on any atom is -0.0592 e. The molecule has 0 saturated carbocycles. The van der Waals surface area contributed by atoms with E-state index in [4.69, 9.17) is 0 Å². The topological polar surface area (TPSA) is 0 Å². The van der Waals surface area contributed by atoms with E-state index >= 15 is 0 Å². The molecule has 56 heavy (non-hydrogen) atoms. The second kappa shape index (κ2) is 22.2. The van der Waals surface area contributed by atoms with Crippen LogP contribution < -0.4 is 0 Å². The summed E-state index contributed by atoms with van der Waals surface area (Å²) in [6.45, 7) is 0. The van der Waals surface area contributed by atoms with Crippen LogP contribution in [0, 0.1) is 332 Å². The number of hydrogen-bond donors (Lipinski definition) is 0. The monoisotopic (exact) mass is 680 g/mol. The Bertz CT molecular complexity index is 2350. The van der Waals surface area contributed by atoms with Gasteiger partial charge in [-0.25, -0.2) is 0 Å². The highest BCUT2D eigenvalue weighted by Crippen LogP contribution is 1.97. The second-order valence-electron chi connectivity index (χ2n) is 9.93. The summed E-state index contributed by atoms with van der Waals surface area (Å²) in [5, 5.41) is 0. The number of hydrogen-bond acceptors (Lipinski definition) is 0. The Hall–Kier alpha value is -10.6. The van der Waals surface area contributed by atoms with Crippen LogP contribution in [0.4, 0.5) is 0 Å². The maximum Gasteiger partial charge on any atom is 0.144 e. The molecule has 0 N–H and O–H groups in total. The van der Waals surface area contributed by atoms with Gasteiger partial charge in [-0.15, -0.1) is 0 Å². The smallest absolute Gasteiger partial charge is 0.0592 e. The molecule has 0 radical (unpaired) electrons. The fraction of sp³-hybridized carbons (Fsp3) is 0.143. The Kier molecular flexibility index (Phi) is 14.6. The van der Waals surface area contributed by atoms with Crippen LogP contribution >= 0.6 is 0 Å². The molecule has 0 unspecified atom stereocenters. The average Bonchev–Trinajstić information content (AvgIpc) is 3.20. The Balaban J connectivity index is 1.91. The fourth-order valence-corrected chi connectivity index (χ4v) is 3.46. The first-order chi connectivity index (χ1) is 27.8. The molecule has 6 aliphatic carbocycles. The van der Waals surface area contributed by atoms with E-state index in [9.17, 15) is 0 Å². The lowest BCUT2D eigenvalue weighted by atomic mass is 10.1. The largest absolute Gasteiger partial charge is 0.144 e. The maximum atomic E-state index is 2.92. The predicted molar refractivity (Wildman–Crippen MR) is 215 cm³/mol. The third kappa shape index (κ3) is 14.5. The summed E-state index contributed by atoms with van der Waals surface area (Å²) in [6, 6.07) is 0. The van der Waals surface area contributed by atoms with Gasteiger partial charge in [-0.1, -0.05) is 142 Å². The molecule has 0 heteroatoms. The molecule has 0 aromatic carbocycles. The highest BCUT2D eigenvalue weighted by Gasteiger charge is 2.00. The summed E-state index contributed by atoms with van der Waals surface area (Å²) in [5.41, 5.74) is 0. The van der Waals surface area contributed by atoms with Crippen molar-refractivity contribution in [3.05, 3.63) is 0 Å². The highest BCUT2D eigenvalue weighted by atomic mass is 14.0. The van der Waals surface area contributed by atoms with Gasteiger partial charge >= 0.3 is 0 Å².